The van der Waals surface area contributed by atoms with Gasteiger partial charge in [-0.1, -0.05) is 18.2 Å². The van der Waals surface area contributed by atoms with Crippen LogP contribution >= 0.6 is 11.3 Å². The fourth-order valence-electron chi connectivity index (χ4n) is 2.21. The minimum atomic E-state index is -0.186. The number of carbonyl (C=O) groups is 1. The van der Waals surface area contributed by atoms with Crippen LogP contribution in [0.1, 0.15) is 40.3 Å². The Morgan fingerprint density at radius 2 is 2.23 bits per heavy atom. The van der Waals surface area contributed by atoms with Gasteiger partial charge in [-0.05, 0) is 25.3 Å². The van der Waals surface area contributed by atoms with Crippen molar-refractivity contribution in [1.82, 2.24) is 10.3 Å². The minimum absolute atomic E-state index is 0.186. The Balaban J connectivity index is 1.61. The van der Waals surface area contributed by atoms with E-state index < -0.39 is 0 Å². The zero-order valence-corrected chi connectivity index (χ0v) is 13.1. The molecule has 1 saturated carbocycles. The van der Waals surface area contributed by atoms with Crippen molar-refractivity contribution in [2.24, 2.45) is 5.73 Å². The summed E-state index contributed by atoms with van der Waals surface area (Å²) in [5, 5.41) is 5.38. The molecule has 116 valence electrons. The number of nitrogens with two attached hydrogens (primary N) is 1. The zero-order valence-electron chi connectivity index (χ0n) is 12.2. The number of benzene rings is 1. The van der Waals surface area contributed by atoms with Crippen LogP contribution in [-0.2, 0) is 13.1 Å². The minimum Gasteiger partial charge on any atom is -0.490 e. The van der Waals surface area contributed by atoms with E-state index in [1.54, 1.807) is 5.38 Å². The first-order valence-electron chi connectivity index (χ1n) is 7.43. The van der Waals surface area contributed by atoms with E-state index in [0.29, 0.717) is 24.9 Å². The van der Waals surface area contributed by atoms with Gasteiger partial charge in [-0.2, -0.15) is 0 Å². The van der Waals surface area contributed by atoms with Crippen molar-refractivity contribution in [3.05, 3.63) is 45.9 Å². The lowest BCUT2D eigenvalue weighted by atomic mass is 9.96. The molecule has 1 heterocycles. The Labute approximate surface area is 133 Å². The molecule has 5 nitrogen and oxygen atoms in total. The highest BCUT2D eigenvalue weighted by Crippen LogP contribution is 2.27. The first-order valence-corrected chi connectivity index (χ1v) is 8.31. The predicted octanol–water partition coefficient (Wildman–Crippen LogP) is 2.46. The SMILES string of the molecule is NCc1nc(C(=O)NCc2ccccc2OC2CCC2)cs1. The number of rotatable bonds is 6. The number of ether oxygens (including phenoxy) is 1. The van der Waals surface area contributed by atoms with Crippen molar-refractivity contribution in [2.45, 2.75) is 38.5 Å². The van der Waals surface area contributed by atoms with Crippen LogP contribution in [0, 0.1) is 0 Å². The maximum atomic E-state index is 12.1. The number of nitrogens with zero attached hydrogens (tertiary/aromatic N) is 1. The summed E-state index contributed by atoms with van der Waals surface area (Å²) in [5.41, 5.74) is 6.92. The van der Waals surface area contributed by atoms with Gasteiger partial charge in [0.1, 0.15) is 16.5 Å². The second kappa shape index (κ2) is 6.89. The van der Waals surface area contributed by atoms with E-state index in [2.05, 4.69) is 10.3 Å². The molecule has 22 heavy (non-hydrogen) atoms. The smallest absolute Gasteiger partial charge is 0.271 e. The van der Waals surface area contributed by atoms with Crippen LogP contribution in [0.2, 0.25) is 0 Å². The Morgan fingerprint density at radius 1 is 1.41 bits per heavy atom. The van der Waals surface area contributed by atoms with Crippen molar-refractivity contribution in [3.8, 4) is 5.75 Å². The second-order valence-electron chi connectivity index (χ2n) is 5.29. The van der Waals surface area contributed by atoms with Crippen LogP contribution in [-0.4, -0.2) is 17.0 Å². The highest BCUT2D eigenvalue weighted by Gasteiger charge is 2.20. The van der Waals surface area contributed by atoms with Gasteiger partial charge in [0.15, 0.2) is 0 Å². The van der Waals surface area contributed by atoms with Gasteiger partial charge >= 0.3 is 0 Å². The summed E-state index contributed by atoms with van der Waals surface area (Å²) in [7, 11) is 0. The van der Waals surface area contributed by atoms with Gasteiger partial charge in [-0.3, -0.25) is 4.79 Å². The lowest BCUT2D eigenvalue weighted by molar-refractivity contribution is 0.0944. The average Bonchev–Trinajstić information content (AvgIpc) is 2.98. The molecule has 2 aromatic rings. The van der Waals surface area contributed by atoms with E-state index in [1.165, 1.54) is 17.8 Å². The first kappa shape index (κ1) is 15.0. The summed E-state index contributed by atoms with van der Waals surface area (Å²) in [5.74, 6) is 0.669. The van der Waals surface area contributed by atoms with E-state index in [9.17, 15) is 4.79 Å². The van der Waals surface area contributed by atoms with Crippen molar-refractivity contribution in [2.75, 3.05) is 0 Å². The van der Waals surface area contributed by atoms with E-state index >= 15 is 0 Å². The highest BCUT2D eigenvalue weighted by molar-refractivity contribution is 7.09. The normalized spacial score (nSPS) is 14.4. The third-order valence-electron chi connectivity index (χ3n) is 3.72. The number of amides is 1. The van der Waals surface area contributed by atoms with Crippen LogP contribution < -0.4 is 15.8 Å². The maximum absolute atomic E-state index is 12.1. The molecule has 0 bridgehead atoms. The summed E-state index contributed by atoms with van der Waals surface area (Å²) in [4.78, 5) is 16.3. The lowest BCUT2D eigenvalue weighted by Gasteiger charge is -2.27. The van der Waals surface area contributed by atoms with E-state index in [1.807, 2.05) is 24.3 Å². The predicted molar refractivity (Wildman–Crippen MR) is 85.9 cm³/mol. The molecule has 1 amide bonds. The second-order valence-corrected chi connectivity index (χ2v) is 6.23. The molecule has 1 aliphatic carbocycles. The summed E-state index contributed by atoms with van der Waals surface area (Å²) < 4.78 is 5.96. The van der Waals surface area contributed by atoms with Crippen LogP contribution in [0.25, 0.3) is 0 Å². The fraction of sp³-hybridized carbons (Fsp3) is 0.375. The van der Waals surface area contributed by atoms with E-state index in [0.717, 1.165) is 29.2 Å². The molecule has 3 N–H and O–H groups in total. The molecule has 1 aromatic carbocycles. The molecule has 1 aromatic heterocycles. The van der Waals surface area contributed by atoms with Crippen LogP contribution in [0.3, 0.4) is 0 Å². The number of thiazole rings is 1. The zero-order chi connectivity index (χ0) is 15.4. The average molecular weight is 317 g/mol. The monoisotopic (exact) mass is 317 g/mol. The Hall–Kier alpha value is -1.92. The van der Waals surface area contributed by atoms with Crippen molar-refractivity contribution < 1.29 is 9.53 Å². The number of nitrogens with one attached hydrogen (secondary N) is 1. The number of carbonyl (C=O) groups excluding carboxylic acids is 1. The standard InChI is InChI=1S/C16H19N3O2S/c17-8-15-19-13(10-22-15)16(20)18-9-11-4-1-2-7-14(11)21-12-5-3-6-12/h1-2,4,7,10,12H,3,5-6,8-9,17H2,(H,18,20). The number of hydrogen-bond donors (Lipinski definition) is 2. The first-order chi connectivity index (χ1) is 10.8. The van der Waals surface area contributed by atoms with Gasteiger partial charge in [0.2, 0.25) is 0 Å². The van der Waals surface area contributed by atoms with Crippen LogP contribution in [0.5, 0.6) is 5.75 Å². The Bertz CT molecular complexity index is 652. The number of hydrogen-bond acceptors (Lipinski definition) is 5. The Kier molecular flexibility index (Phi) is 4.70. The topological polar surface area (TPSA) is 77.2 Å². The van der Waals surface area contributed by atoms with Gasteiger partial charge < -0.3 is 15.8 Å². The van der Waals surface area contributed by atoms with E-state index in [-0.39, 0.29) is 5.91 Å². The molecule has 0 aliphatic heterocycles. The van der Waals surface area contributed by atoms with Crippen LogP contribution in [0.4, 0.5) is 0 Å². The number of aromatic nitrogens is 1. The summed E-state index contributed by atoms with van der Waals surface area (Å²) in [6, 6.07) is 7.83. The highest BCUT2D eigenvalue weighted by atomic mass is 32.1. The third kappa shape index (κ3) is 3.45. The van der Waals surface area contributed by atoms with Crippen LogP contribution in [0.15, 0.2) is 29.6 Å². The van der Waals surface area contributed by atoms with Gasteiger partial charge in [0, 0.05) is 24.0 Å². The van der Waals surface area contributed by atoms with Gasteiger partial charge in [0.05, 0.1) is 6.10 Å². The lowest BCUT2D eigenvalue weighted by Crippen LogP contribution is -2.27. The van der Waals surface area contributed by atoms with Gasteiger partial charge in [-0.25, -0.2) is 4.98 Å². The molecule has 1 aliphatic rings. The van der Waals surface area contributed by atoms with Gasteiger partial charge in [0.25, 0.3) is 5.91 Å². The third-order valence-corrected chi connectivity index (χ3v) is 4.59. The van der Waals surface area contributed by atoms with Crippen molar-refractivity contribution in [3.63, 3.8) is 0 Å². The summed E-state index contributed by atoms with van der Waals surface area (Å²) in [6.07, 6.45) is 3.78. The Morgan fingerprint density at radius 3 is 2.91 bits per heavy atom. The molecule has 1 fully saturated rings. The fourth-order valence-corrected chi connectivity index (χ4v) is 2.86. The molecule has 6 heteroatoms. The van der Waals surface area contributed by atoms with Crippen molar-refractivity contribution in [1.29, 1.82) is 0 Å². The summed E-state index contributed by atoms with van der Waals surface area (Å²) >= 11 is 1.40. The molecule has 0 spiro atoms. The number of para-hydroxylation sites is 1. The molecule has 0 unspecified atom stereocenters. The molecule has 3 rings (SSSR count). The molecule has 0 radical (unpaired) electrons. The summed E-state index contributed by atoms with van der Waals surface area (Å²) in [6.45, 7) is 0.785. The van der Waals surface area contributed by atoms with E-state index in [4.69, 9.17) is 10.5 Å². The molecule has 0 atom stereocenters. The quantitative estimate of drug-likeness (QED) is 0.858. The maximum Gasteiger partial charge on any atom is 0.271 e. The molecular formula is C16H19N3O2S. The largest absolute Gasteiger partial charge is 0.490 e. The van der Waals surface area contributed by atoms with Crippen molar-refractivity contribution >= 4 is 17.2 Å². The van der Waals surface area contributed by atoms with Gasteiger partial charge in [-0.15, -0.1) is 11.3 Å². The molecule has 0 saturated heterocycles. The molecular weight excluding hydrogens is 298 g/mol.